The molecule has 0 saturated heterocycles. The lowest BCUT2D eigenvalue weighted by atomic mass is 9.97. The Morgan fingerprint density at radius 1 is 1.09 bits per heavy atom. The van der Waals surface area contributed by atoms with Crippen LogP contribution in [0, 0.1) is 0 Å². The van der Waals surface area contributed by atoms with Crippen molar-refractivity contribution in [1.29, 1.82) is 0 Å². The molecule has 23 heavy (non-hydrogen) atoms. The summed E-state index contributed by atoms with van der Waals surface area (Å²) < 4.78 is 5.14. The number of hydrogen-bond donors (Lipinski definition) is 0. The average molecular weight is 326 g/mol. The van der Waals surface area contributed by atoms with Crippen molar-refractivity contribution in [2.24, 2.45) is 0 Å². The van der Waals surface area contributed by atoms with Crippen molar-refractivity contribution in [2.45, 2.75) is 29.9 Å². The summed E-state index contributed by atoms with van der Waals surface area (Å²) >= 11 is 1.79. The van der Waals surface area contributed by atoms with Crippen LogP contribution in [0.1, 0.15) is 25.8 Å². The molecule has 0 heterocycles. The molecule has 0 aliphatic carbocycles. The van der Waals surface area contributed by atoms with Gasteiger partial charge in [-0.25, -0.2) is 4.79 Å². The van der Waals surface area contributed by atoms with Crippen LogP contribution in [-0.4, -0.2) is 12.6 Å². The van der Waals surface area contributed by atoms with Crippen LogP contribution in [0.5, 0.6) is 0 Å². The monoisotopic (exact) mass is 326 g/mol. The second-order valence-electron chi connectivity index (χ2n) is 5.68. The van der Waals surface area contributed by atoms with E-state index in [0.717, 1.165) is 6.42 Å². The third-order valence-electron chi connectivity index (χ3n) is 3.63. The average Bonchev–Trinajstić information content (AvgIpc) is 2.56. The summed E-state index contributed by atoms with van der Waals surface area (Å²) in [7, 11) is 0. The second-order valence-corrected chi connectivity index (χ2v) is 7.25. The minimum Gasteiger partial charge on any atom is -0.462 e. The lowest BCUT2D eigenvalue weighted by Crippen LogP contribution is -2.21. The molecule has 0 aromatic heterocycles. The van der Waals surface area contributed by atoms with Crippen molar-refractivity contribution >= 4 is 17.7 Å². The van der Waals surface area contributed by atoms with Crippen molar-refractivity contribution in [3.63, 3.8) is 0 Å². The van der Waals surface area contributed by atoms with E-state index in [1.54, 1.807) is 18.7 Å². The smallest absolute Gasteiger partial charge is 0.333 e. The highest BCUT2D eigenvalue weighted by Gasteiger charge is 2.28. The van der Waals surface area contributed by atoms with Gasteiger partial charge < -0.3 is 4.74 Å². The van der Waals surface area contributed by atoms with E-state index < -0.39 is 0 Å². The van der Waals surface area contributed by atoms with Gasteiger partial charge in [-0.1, -0.05) is 55.1 Å². The van der Waals surface area contributed by atoms with Gasteiger partial charge >= 0.3 is 5.97 Å². The molecular weight excluding hydrogens is 304 g/mol. The number of carbonyl (C=O) groups is 1. The van der Waals surface area contributed by atoms with Gasteiger partial charge in [0.1, 0.15) is 0 Å². The van der Waals surface area contributed by atoms with Crippen molar-refractivity contribution in [3.05, 3.63) is 78.4 Å². The lowest BCUT2D eigenvalue weighted by Gasteiger charge is -2.29. The molecule has 0 bridgehead atoms. The molecule has 0 fully saturated rings. The predicted octanol–water partition coefficient (Wildman–Crippen LogP) is 5.20. The molecule has 3 heteroatoms. The van der Waals surface area contributed by atoms with Crippen LogP contribution in [-0.2, 0) is 14.3 Å². The van der Waals surface area contributed by atoms with Crippen molar-refractivity contribution in [3.8, 4) is 0 Å². The van der Waals surface area contributed by atoms with Crippen molar-refractivity contribution in [1.82, 2.24) is 0 Å². The zero-order valence-electron chi connectivity index (χ0n) is 13.6. The summed E-state index contributed by atoms with van der Waals surface area (Å²) in [6.45, 7) is 7.84. The molecule has 1 atom stereocenters. The van der Waals surface area contributed by atoms with Crippen molar-refractivity contribution in [2.75, 3.05) is 6.61 Å². The normalized spacial score (nSPS) is 13.1. The van der Waals surface area contributed by atoms with E-state index >= 15 is 0 Å². The van der Waals surface area contributed by atoms with E-state index in [9.17, 15) is 4.79 Å². The Morgan fingerprint density at radius 3 is 2.22 bits per heavy atom. The van der Waals surface area contributed by atoms with Gasteiger partial charge in [0.2, 0.25) is 0 Å². The summed E-state index contributed by atoms with van der Waals surface area (Å²) in [6, 6.07) is 20.6. The van der Waals surface area contributed by atoms with Crippen LogP contribution in [0.4, 0.5) is 0 Å². The van der Waals surface area contributed by atoms with Gasteiger partial charge in [0, 0.05) is 21.6 Å². The van der Waals surface area contributed by atoms with Gasteiger partial charge in [-0.05, 0) is 31.5 Å². The van der Waals surface area contributed by atoms with Crippen LogP contribution in [0.3, 0.4) is 0 Å². The third kappa shape index (κ3) is 5.00. The van der Waals surface area contributed by atoms with Gasteiger partial charge in [0.25, 0.3) is 0 Å². The molecule has 0 amide bonds. The number of carbonyl (C=O) groups excluding carboxylic acids is 1. The molecule has 0 saturated carbocycles. The van der Waals surface area contributed by atoms with E-state index in [1.807, 2.05) is 36.4 Å². The summed E-state index contributed by atoms with van der Waals surface area (Å²) in [5.74, 6) is -0.329. The quantitative estimate of drug-likeness (QED) is 0.397. The maximum absolute atomic E-state index is 11.6. The Labute approximate surface area is 142 Å². The SMILES string of the molecule is C=C(C)C(=O)OCCC(C)(Sc1ccccc1)c1ccccc1. The van der Waals surface area contributed by atoms with E-state index in [4.69, 9.17) is 4.74 Å². The minimum atomic E-state index is -0.329. The summed E-state index contributed by atoms with van der Waals surface area (Å²) in [4.78, 5) is 12.8. The van der Waals surface area contributed by atoms with Gasteiger partial charge in [0.05, 0.1) is 6.61 Å². The third-order valence-corrected chi connectivity index (χ3v) is 5.03. The molecule has 2 aromatic carbocycles. The zero-order chi connectivity index (χ0) is 16.7. The van der Waals surface area contributed by atoms with E-state index in [2.05, 4.69) is 37.8 Å². The highest BCUT2D eigenvalue weighted by molar-refractivity contribution is 8.00. The second kappa shape index (κ2) is 8.02. The molecule has 0 N–H and O–H groups in total. The molecular formula is C20H22O2S. The Morgan fingerprint density at radius 2 is 1.65 bits per heavy atom. The predicted molar refractivity (Wildman–Crippen MR) is 96.5 cm³/mol. The van der Waals surface area contributed by atoms with E-state index in [1.165, 1.54) is 10.5 Å². The first-order chi connectivity index (χ1) is 11.0. The number of hydrogen-bond acceptors (Lipinski definition) is 3. The van der Waals surface area contributed by atoms with Gasteiger partial charge in [-0.2, -0.15) is 0 Å². The topological polar surface area (TPSA) is 26.3 Å². The molecule has 2 aromatic rings. The van der Waals surface area contributed by atoms with Crippen LogP contribution < -0.4 is 0 Å². The van der Waals surface area contributed by atoms with E-state index in [0.29, 0.717) is 12.2 Å². The van der Waals surface area contributed by atoms with Crippen LogP contribution in [0.2, 0.25) is 0 Å². The lowest BCUT2D eigenvalue weighted by molar-refractivity contribution is -0.139. The molecule has 120 valence electrons. The number of rotatable bonds is 7. The summed E-state index contributed by atoms with van der Waals surface area (Å²) in [5.41, 5.74) is 1.65. The van der Waals surface area contributed by atoms with Gasteiger partial charge in [-0.3, -0.25) is 0 Å². The molecule has 0 aliphatic heterocycles. The first-order valence-electron chi connectivity index (χ1n) is 7.63. The Balaban J connectivity index is 2.15. The highest BCUT2D eigenvalue weighted by Crippen LogP contribution is 2.43. The van der Waals surface area contributed by atoms with Crippen LogP contribution in [0.15, 0.2) is 77.7 Å². The minimum absolute atomic E-state index is 0.169. The standard InChI is InChI=1S/C20H22O2S/c1-16(2)19(21)22-15-14-20(3,17-10-6-4-7-11-17)23-18-12-8-5-9-13-18/h4-13H,1,14-15H2,2-3H3. The number of esters is 1. The highest BCUT2D eigenvalue weighted by atomic mass is 32.2. The number of benzene rings is 2. The largest absolute Gasteiger partial charge is 0.462 e. The Kier molecular flexibility index (Phi) is 6.05. The molecule has 2 rings (SSSR count). The molecule has 1 unspecified atom stereocenters. The fourth-order valence-electron chi connectivity index (χ4n) is 2.26. The first kappa shape index (κ1) is 17.4. The van der Waals surface area contributed by atoms with Crippen molar-refractivity contribution < 1.29 is 9.53 Å². The maximum Gasteiger partial charge on any atom is 0.333 e. The van der Waals surface area contributed by atoms with Gasteiger partial charge in [0.15, 0.2) is 0 Å². The molecule has 0 aliphatic rings. The van der Waals surface area contributed by atoms with Crippen LogP contribution in [0.25, 0.3) is 0 Å². The molecule has 2 nitrogen and oxygen atoms in total. The van der Waals surface area contributed by atoms with E-state index in [-0.39, 0.29) is 10.7 Å². The maximum atomic E-state index is 11.6. The van der Waals surface area contributed by atoms with Crippen LogP contribution >= 0.6 is 11.8 Å². The fraction of sp³-hybridized carbons (Fsp3) is 0.250. The zero-order valence-corrected chi connectivity index (χ0v) is 14.4. The number of ether oxygens (including phenoxy) is 1. The summed E-state index contributed by atoms with van der Waals surface area (Å²) in [6.07, 6.45) is 0.732. The summed E-state index contributed by atoms with van der Waals surface area (Å²) in [5, 5.41) is 0. The number of thioether (sulfide) groups is 1. The Hall–Kier alpha value is -2.00. The first-order valence-corrected chi connectivity index (χ1v) is 8.45. The van der Waals surface area contributed by atoms with Gasteiger partial charge in [-0.15, -0.1) is 11.8 Å². The fourth-order valence-corrected chi connectivity index (χ4v) is 3.51. The molecule has 0 radical (unpaired) electrons. The Bertz CT molecular complexity index is 652. The molecule has 0 spiro atoms.